The maximum atomic E-state index is 11.0. The molecule has 138 valence electrons. The van der Waals surface area contributed by atoms with E-state index in [-0.39, 0.29) is 68.9 Å². The van der Waals surface area contributed by atoms with Crippen LogP contribution in [-0.2, 0) is 0 Å². The Morgan fingerprint density at radius 2 is 0.786 bits per heavy atom. The molecule has 0 saturated carbocycles. The third-order valence-corrected chi connectivity index (χ3v) is 5.05. The molecule has 10 nitrogen and oxygen atoms in total. The Labute approximate surface area is 209 Å². The standard InChI is InChI=1S/C14H8N2O8S2.2Na.2H/c17-11(18)7-1-5(2-8(15-7)12(19)20)25-26-6-3-9(13(21)22)16-10(4-6)14(23)24;;;;/h1-4H,(H,17,18)(H,19,20)(H,21,22)(H,23,24);;;;. The predicted molar refractivity (Wildman–Crippen MR) is 102 cm³/mol. The van der Waals surface area contributed by atoms with E-state index in [0.717, 1.165) is 45.9 Å². The van der Waals surface area contributed by atoms with Crippen molar-refractivity contribution in [3.05, 3.63) is 47.0 Å². The van der Waals surface area contributed by atoms with Gasteiger partial charge >= 0.3 is 83.0 Å². The summed E-state index contributed by atoms with van der Waals surface area (Å²) in [5.74, 6) is -5.65. The second-order valence-electron chi connectivity index (χ2n) is 4.53. The van der Waals surface area contributed by atoms with E-state index in [1.165, 1.54) is 0 Å². The Hall–Kier alpha value is -1.12. The van der Waals surface area contributed by atoms with E-state index in [9.17, 15) is 19.2 Å². The van der Waals surface area contributed by atoms with Gasteiger partial charge in [-0.25, -0.2) is 29.1 Å². The third kappa shape index (κ3) is 7.37. The van der Waals surface area contributed by atoms with Crippen molar-refractivity contribution in [2.75, 3.05) is 0 Å². The normalized spacial score (nSPS) is 9.57. The van der Waals surface area contributed by atoms with Crippen molar-refractivity contribution < 1.29 is 39.6 Å². The van der Waals surface area contributed by atoms with Gasteiger partial charge in [-0.15, -0.1) is 0 Å². The van der Waals surface area contributed by atoms with Crippen molar-refractivity contribution in [2.45, 2.75) is 9.79 Å². The molecule has 0 spiro atoms. The minimum absolute atomic E-state index is 0. The van der Waals surface area contributed by atoms with Crippen LogP contribution in [0.3, 0.4) is 0 Å². The average Bonchev–Trinajstić information content (AvgIpc) is 2.59. The van der Waals surface area contributed by atoms with Crippen LogP contribution >= 0.6 is 21.6 Å². The molecule has 0 aliphatic carbocycles. The van der Waals surface area contributed by atoms with Crippen molar-refractivity contribution >= 4 is 105 Å². The van der Waals surface area contributed by atoms with Gasteiger partial charge in [0.25, 0.3) is 0 Å². The first kappa shape index (κ1) is 26.9. The van der Waals surface area contributed by atoms with E-state index in [4.69, 9.17) is 20.4 Å². The van der Waals surface area contributed by atoms with Crippen LogP contribution in [0.2, 0.25) is 0 Å². The summed E-state index contributed by atoms with van der Waals surface area (Å²) in [6.45, 7) is 0. The van der Waals surface area contributed by atoms with Crippen LogP contribution in [0.5, 0.6) is 0 Å². The summed E-state index contributed by atoms with van der Waals surface area (Å²) in [4.78, 5) is 51.5. The number of rotatable bonds is 7. The summed E-state index contributed by atoms with van der Waals surface area (Å²) in [6, 6.07) is 4.57. The minimum atomic E-state index is -1.41. The van der Waals surface area contributed by atoms with E-state index in [2.05, 4.69) is 9.97 Å². The number of carbonyl (C=O) groups is 4. The number of aromatic carboxylic acids is 4. The number of pyridine rings is 2. The molecule has 0 radical (unpaired) electrons. The molecule has 0 unspecified atom stereocenters. The molecule has 28 heavy (non-hydrogen) atoms. The number of nitrogens with zero attached hydrogens (tertiary/aromatic N) is 2. The zero-order chi connectivity index (χ0) is 19.4. The fourth-order valence-corrected chi connectivity index (χ4v) is 3.63. The zero-order valence-corrected chi connectivity index (χ0v) is 14.1. The third-order valence-electron chi connectivity index (χ3n) is 2.71. The van der Waals surface area contributed by atoms with Gasteiger partial charge in [0, 0.05) is 9.79 Å². The first-order valence-corrected chi connectivity index (χ1v) is 8.64. The molecule has 0 bridgehead atoms. The number of hydrogen-bond donors (Lipinski definition) is 4. The number of aromatic nitrogens is 2. The molecule has 0 aromatic carbocycles. The molecule has 14 heteroatoms. The molecule has 2 heterocycles. The van der Waals surface area contributed by atoms with E-state index in [0.29, 0.717) is 0 Å². The van der Waals surface area contributed by atoms with Gasteiger partial charge in [-0.1, -0.05) is 21.6 Å². The summed E-state index contributed by atoms with van der Waals surface area (Å²) >= 11 is 0. The molecule has 0 aliphatic rings. The van der Waals surface area contributed by atoms with Crippen LogP contribution in [0.4, 0.5) is 0 Å². The monoisotopic (exact) mass is 444 g/mol. The van der Waals surface area contributed by atoms with E-state index in [1.54, 1.807) is 0 Å². The van der Waals surface area contributed by atoms with Gasteiger partial charge in [0.2, 0.25) is 0 Å². The first-order chi connectivity index (χ1) is 12.2. The fraction of sp³-hybridized carbons (Fsp3) is 0. The summed E-state index contributed by atoms with van der Waals surface area (Å²) in [5, 5.41) is 35.9. The molecule has 2 rings (SSSR count). The second kappa shape index (κ2) is 11.8. The van der Waals surface area contributed by atoms with Gasteiger partial charge in [0.1, 0.15) is 22.8 Å². The molecule has 0 amide bonds. The number of hydrogen-bond acceptors (Lipinski definition) is 8. The molecule has 4 N–H and O–H groups in total. The summed E-state index contributed by atoms with van der Waals surface area (Å²) in [7, 11) is 1.83. The molecule has 0 aliphatic heterocycles. The van der Waals surface area contributed by atoms with Crippen molar-refractivity contribution in [3.8, 4) is 0 Å². The quantitative estimate of drug-likeness (QED) is 0.349. The van der Waals surface area contributed by atoms with Gasteiger partial charge in [0.15, 0.2) is 0 Å². The maximum absolute atomic E-state index is 11.0. The van der Waals surface area contributed by atoms with Crippen LogP contribution in [-0.4, -0.2) is 113 Å². The van der Waals surface area contributed by atoms with Crippen molar-refractivity contribution in [3.63, 3.8) is 0 Å². The molecule has 0 fully saturated rings. The summed E-state index contributed by atoms with van der Waals surface area (Å²) < 4.78 is 0. The SMILES string of the molecule is O=C(O)c1cc(SSc2cc(C(=O)O)nc(C(=O)O)c2)cc(C(=O)O)n1.[NaH].[NaH]. The Kier molecular flexibility index (Phi) is 11.3. The summed E-state index contributed by atoms with van der Waals surface area (Å²) in [5.41, 5.74) is -1.89. The van der Waals surface area contributed by atoms with E-state index >= 15 is 0 Å². The fourth-order valence-electron chi connectivity index (χ4n) is 1.64. The second-order valence-corrected chi connectivity index (χ2v) is 6.81. The van der Waals surface area contributed by atoms with Gasteiger partial charge in [-0.05, 0) is 24.3 Å². The number of carboxylic acid groups (broad SMARTS) is 4. The average molecular weight is 444 g/mol. The van der Waals surface area contributed by atoms with Crippen LogP contribution in [0.15, 0.2) is 34.1 Å². The van der Waals surface area contributed by atoms with Crippen LogP contribution in [0.25, 0.3) is 0 Å². The van der Waals surface area contributed by atoms with Gasteiger partial charge in [-0.3, -0.25) is 0 Å². The van der Waals surface area contributed by atoms with Gasteiger partial charge in [-0.2, -0.15) is 0 Å². The molecule has 0 atom stereocenters. The molecular weight excluding hydrogens is 434 g/mol. The van der Waals surface area contributed by atoms with Gasteiger partial charge < -0.3 is 20.4 Å². The number of carboxylic acids is 4. The van der Waals surface area contributed by atoms with E-state index in [1.807, 2.05) is 0 Å². The van der Waals surface area contributed by atoms with Crippen molar-refractivity contribution in [1.29, 1.82) is 0 Å². The topological polar surface area (TPSA) is 175 Å². The van der Waals surface area contributed by atoms with E-state index < -0.39 is 46.7 Å². The van der Waals surface area contributed by atoms with Crippen molar-refractivity contribution in [1.82, 2.24) is 9.97 Å². The molecule has 2 aromatic rings. The molecular formula is C14H10N2Na2O8S2. The summed E-state index contributed by atoms with van der Waals surface area (Å²) in [6.07, 6.45) is 0. The van der Waals surface area contributed by atoms with Crippen molar-refractivity contribution in [2.24, 2.45) is 0 Å². The van der Waals surface area contributed by atoms with Crippen LogP contribution < -0.4 is 0 Å². The first-order valence-electron chi connectivity index (χ1n) is 6.49. The Morgan fingerprint density at radius 3 is 0.964 bits per heavy atom. The molecule has 2 aromatic heterocycles. The molecule has 0 saturated heterocycles. The zero-order valence-electron chi connectivity index (χ0n) is 12.4. The Morgan fingerprint density at radius 1 is 0.571 bits per heavy atom. The predicted octanol–water partition coefficient (Wildman–Crippen LogP) is 0.772. The Bertz CT molecular complexity index is 802. The van der Waals surface area contributed by atoms with Crippen LogP contribution in [0, 0.1) is 0 Å². The van der Waals surface area contributed by atoms with Gasteiger partial charge in [0.05, 0.1) is 0 Å². The Balaban J connectivity index is 0.00000364. The van der Waals surface area contributed by atoms with Crippen LogP contribution in [0.1, 0.15) is 42.0 Å².